The molecule has 0 spiro atoms. The summed E-state index contributed by atoms with van der Waals surface area (Å²) >= 11 is 3.62. The van der Waals surface area contributed by atoms with Crippen molar-refractivity contribution in [2.75, 3.05) is 23.8 Å². The lowest BCUT2D eigenvalue weighted by Crippen LogP contribution is -2.31. The molecule has 0 aliphatic carbocycles. The molecule has 4 nitrogen and oxygen atoms in total. The third-order valence-corrected chi connectivity index (χ3v) is 4.13. The smallest absolute Gasteiger partial charge is 0.246 e. The van der Waals surface area contributed by atoms with Crippen molar-refractivity contribution >= 4 is 33.2 Å². The number of likely N-dealkylation sites (N-methyl/N-ethyl adjacent to an activating group) is 1. The van der Waals surface area contributed by atoms with Crippen molar-refractivity contribution in [3.63, 3.8) is 0 Å². The summed E-state index contributed by atoms with van der Waals surface area (Å²) in [5.74, 6) is -0.00799. The van der Waals surface area contributed by atoms with E-state index in [-0.39, 0.29) is 11.9 Å². The number of fused-ring (bicyclic) bond motifs is 1. The number of nitrogens with one attached hydrogen (secondary N) is 2. The van der Waals surface area contributed by atoms with E-state index in [0.717, 1.165) is 28.0 Å². The first-order chi connectivity index (χ1) is 9.49. The Balaban J connectivity index is 2.46. The van der Waals surface area contributed by atoms with Crippen molar-refractivity contribution in [1.29, 1.82) is 0 Å². The minimum absolute atomic E-state index is 0.00799. The fourth-order valence-corrected chi connectivity index (χ4v) is 3.09. The van der Waals surface area contributed by atoms with E-state index in [1.165, 1.54) is 0 Å². The Morgan fingerprint density at radius 3 is 2.80 bits per heavy atom. The molecule has 0 aromatic heterocycles. The van der Waals surface area contributed by atoms with Crippen LogP contribution < -0.4 is 15.5 Å². The fourth-order valence-electron chi connectivity index (χ4n) is 2.50. The van der Waals surface area contributed by atoms with E-state index in [1.54, 1.807) is 7.05 Å². The lowest BCUT2D eigenvalue weighted by molar-refractivity contribution is -0.117. The maximum absolute atomic E-state index is 11.9. The molecule has 1 atom stereocenters. The van der Waals surface area contributed by atoms with Crippen LogP contribution in [0.1, 0.15) is 25.5 Å². The van der Waals surface area contributed by atoms with Gasteiger partial charge in [0.15, 0.2) is 0 Å². The summed E-state index contributed by atoms with van der Waals surface area (Å²) in [7, 11) is 1.79. The summed E-state index contributed by atoms with van der Waals surface area (Å²) in [6.45, 7) is 8.85. The van der Waals surface area contributed by atoms with Gasteiger partial charge in [0.1, 0.15) is 6.04 Å². The van der Waals surface area contributed by atoms with E-state index in [4.69, 9.17) is 0 Å². The van der Waals surface area contributed by atoms with Crippen LogP contribution in [-0.4, -0.2) is 25.5 Å². The van der Waals surface area contributed by atoms with E-state index < -0.39 is 0 Å². The molecule has 2 N–H and O–H groups in total. The van der Waals surface area contributed by atoms with Gasteiger partial charge in [0, 0.05) is 28.3 Å². The molecule has 0 saturated heterocycles. The number of benzene rings is 1. The number of amides is 1. The van der Waals surface area contributed by atoms with Crippen LogP contribution in [0.25, 0.3) is 0 Å². The third-order valence-electron chi connectivity index (χ3n) is 3.50. The van der Waals surface area contributed by atoms with Crippen molar-refractivity contribution in [3.8, 4) is 0 Å². The van der Waals surface area contributed by atoms with Gasteiger partial charge in [0.2, 0.25) is 5.91 Å². The maximum Gasteiger partial charge on any atom is 0.246 e. The average Bonchev–Trinajstić information content (AvgIpc) is 2.69. The molecule has 1 aromatic rings. The zero-order valence-electron chi connectivity index (χ0n) is 12.0. The molecule has 0 fully saturated rings. The van der Waals surface area contributed by atoms with Gasteiger partial charge in [-0.1, -0.05) is 6.08 Å². The molecule has 1 unspecified atom stereocenters. The standard InChI is InChI=1S/C15H20BrN3O/c1-5-6-19(9(2)3)13-8-12-10(7-11(13)16)14(17-4)15(20)18-12/h5,7-9,14,17H,1,6H2,2-4H3,(H,18,20). The van der Waals surface area contributed by atoms with Gasteiger partial charge in [0.25, 0.3) is 0 Å². The number of carbonyl (C=O) groups excluding carboxylic acids is 1. The van der Waals surface area contributed by atoms with Crippen LogP contribution in [-0.2, 0) is 4.79 Å². The van der Waals surface area contributed by atoms with Crippen molar-refractivity contribution in [1.82, 2.24) is 5.32 Å². The highest BCUT2D eigenvalue weighted by atomic mass is 79.9. The summed E-state index contributed by atoms with van der Waals surface area (Å²) in [5.41, 5.74) is 2.92. The van der Waals surface area contributed by atoms with Gasteiger partial charge in [-0.15, -0.1) is 6.58 Å². The van der Waals surface area contributed by atoms with E-state index in [1.807, 2.05) is 18.2 Å². The highest BCUT2D eigenvalue weighted by molar-refractivity contribution is 9.10. The molecule has 20 heavy (non-hydrogen) atoms. The van der Waals surface area contributed by atoms with E-state index >= 15 is 0 Å². The molecule has 0 radical (unpaired) electrons. The quantitative estimate of drug-likeness (QED) is 0.811. The second-order valence-electron chi connectivity index (χ2n) is 5.14. The molecular weight excluding hydrogens is 318 g/mol. The van der Waals surface area contributed by atoms with Crippen LogP contribution in [0.2, 0.25) is 0 Å². The molecule has 0 saturated carbocycles. The molecule has 108 valence electrons. The topological polar surface area (TPSA) is 44.4 Å². The normalized spacial score (nSPS) is 17.1. The lowest BCUT2D eigenvalue weighted by Gasteiger charge is -2.29. The number of rotatable bonds is 5. The Morgan fingerprint density at radius 2 is 2.25 bits per heavy atom. The van der Waals surface area contributed by atoms with E-state index in [9.17, 15) is 4.79 Å². The van der Waals surface area contributed by atoms with Gasteiger partial charge < -0.3 is 15.5 Å². The Hall–Kier alpha value is -1.33. The summed E-state index contributed by atoms with van der Waals surface area (Å²) < 4.78 is 0.989. The molecule has 1 heterocycles. The fraction of sp³-hybridized carbons (Fsp3) is 0.400. The van der Waals surface area contributed by atoms with Crippen LogP contribution in [0, 0.1) is 0 Å². The molecule has 2 rings (SSSR count). The zero-order chi connectivity index (χ0) is 14.9. The molecule has 1 aliphatic rings. The maximum atomic E-state index is 11.9. The summed E-state index contributed by atoms with van der Waals surface area (Å²) in [6, 6.07) is 4.11. The summed E-state index contributed by atoms with van der Waals surface area (Å²) in [5, 5.41) is 5.96. The second kappa shape index (κ2) is 5.97. The van der Waals surface area contributed by atoms with Crippen LogP contribution in [0.3, 0.4) is 0 Å². The van der Waals surface area contributed by atoms with Gasteiger partial charge in [-0.05, 0) is 49.0 Å². The minimum atomic E-state index is -0.276. The monoisotopic (exact) mass is 337 g/mol. The van der Waals surface area contributed by atoms with Crippen molar-refractivity contribution in [3.05, 3.63) is 34.8 Å². The number of anilines is 2. The summed E-state index contributed by atoms with van der Waals surface area (Å²) in [6.07, 6.45) is 1.88. The number of hydrogen-bond acceptors (Lipinski definition) is 3. The van der Waals surface area contributed by atoms with Crippen molar-refractivity contribution < 1.29 is 4.79 Å². The van der Waals surface area contributed by atoms with Crippen LogP contribution in [0.15, 0.2) is 29.3 Å². The Kier molecular flexibility index (Phi) is 4.50. The molecule has 1 aromatic carbocycles. The predicted molar refractivity (Wildman–Crippen MR) is 87.3 cm³/mol. The molecule has 5 heteroatoms. The number of halogens is 1. The highest BCUT2D eigenvalue weighted by Gasteiger charge is 2.30. The average molecular weight is 338 g/mol. The minimum Gasteiger partial charge on any atom is -0.364 e. The summed E-state index contributed by atoms with van der Waals surface area (Å²) in [4.78, 5) is 14.1. The van der Waals surface area contributed by atoms with Crippen LogP contribution in [0.5, 0.6) is 0 Å². The highest BCUT2D eigenvalue weighted by Crippen LogP contribution is 2.39. The van der Waals surface area contributed by atoms with Gasteiger partial charge in [-0.25, -0.2) is 0 Å². The first-order valence-corrected chi connectivity index (χ1v) is 7.48. The van der Waals surface area contributed by atoms with E-state index in [0.29, 0.717) is 6.04 Å². The number of carbonyl (C=O) groups is 1. The van der Waals surface area contributed by atoms with E-state index in [2.05, 4.69) is 51.9 Å². The second-order valence-corrected chi connectivity index (χ2v) is 5.99. The lowest BCUT2D eigenvalue weighted by atomic mass is 10.1. The van der Waals surface area contributed by atoms with Crippen molar-refractivity contribution in [2.45, 2.75) is 25.9 Å². The third kappa shape index (κ3) is 2.60. The number of nitrogens with zero attached hydrogens (tertiary/aromatic N) is 1. The molecular formula is C15H20BrN3O. The van der Waals surface area contributed by atoms with Gasteiger partial charge in [-0.2, -0.15) is 0 Å². The predicted octanol–water partition coefficient (Wildman–Crippen LogP) is 3.06. The first kappa shape index (κ1) is 15.1. The Labute approximate surface area is 128 Å². The van der Waals surface area contributed by atoms with Gasteiger partial charge >= 0.3 is 0 Å². The Bertz CT molecular complexity index is 542. The van der Waals surface area contributed by atoms with Crippen LogP contribution >= 0.6 is 15.9 Å². The SMILES string of the molecule is C=CCN(c1cc2c(cc1Br)C(NC)C(=O)N2)C(C)C. The molecule has 1 aliphatic heterocycles. The van der Waals surface area contributed by atoms with Crippen LogP contribution in [0.4, 0.5) is 11.4 Å². The van der Waals surface area contributed by atoms with Crippen molar-refractivity contribution in [2.24, 2.45) is 0 Å². The zero-order valence-corrected chi connectivity index (χ0v) is 13.6. The van der Waals surface area contributed by atoms with Gasteiger partial charge in [-0.3, -0.25) is 4.79 Å². The largest absolute Gasteiger partial charge is 0.364 e. The van der Waals surface area contributed by atoms with Gasteiger partial charge in [0.05, 0.1) is 5.69 Å². The Morgan fingerprint density at radius 1 is 1.55 bits per heavy atom. The first-order valence-electron chi connectivity index (χ1n) is 6.68. The molecule has 0 bridgehead atoms. The number of hydrogen-bond donors (Lipinski definition) is 2. The molecule has 1 amide bonds.